The molecule has 0 saturated heterocycles. The quantitative estimate of drug-likeness (QED) is 0.423. The molecule has 0 amide bonds. The summed E-state index contributed by atoms with van der Waals surface area (Å²) in [5.74, 6) is -3.34. The Kier molecular flexibility index (Phi) is 2.70. The van der Waals surface area contributed by atoms with Crippen molar-refractivity contribution >= 4 is 12.2 Å². The molecule has 5 nitrogen and oxygen atoms in total. The Bertz CT molecular complexity index is 394. The van der Waals surface area contributed by atoms with E-state index in [1.807, 2.05) is 0 Å². The first-order valence-corrected chi connectivity index (χ1v) is 3.30. The summed E-state index contributed by atoms with van der Waals surface area (Å²) in [6.07, 6.45) is 0. The normalized spacial score (nSPS) is 9.57. The molecule has 0 bridgehead atoms. The van der Waals surface area contributed by atoms with E-state index in [-0.39, 0.29) is 6.47 Å². The Morgan fingerprint density at radius 1 is 1.36 bits per heavy atom. The number of hydrogen-bond acceptors (Lipinski definition) is 4. The first-order valence-electron chi connectivity index (χ1n) is 3.30. The molecule has 0 fully saturated rings. The number of nitro groups is 1. The molecule has 14 heavy (non-hydrogen) atoms. The van der Waals surface area contributed by atoms with Gasteiger partial charge in [0.05, 0.1) is 11.0 Å². The van der Waals surface area contributed by atoms with Crippen LogP contribution in [0.4, 0.5) is 14.5 Å². The minimum Gasteiger partial charge on any atom is -0.421 e. The van der Waals surface area contributed by atoms with Crippen molar-refractivity contribution in [3.63, 3.8) is 0 Å². The zero-order valence-electron chi connectivity index (χ0n) is 6.57. The van der Waals surface area contributed by atoms with Gasteiger partial charge in [0.25, 0.3) is 6.47 Å². The van der Waals surface area contributed by atoms with Crippen molar-refractivity contribution in [1.29, 1.82) is 0 Å². The van der Waals surface area contributed by atoms with E-state index in [1.165, 1.54) is 0 Å². The molecule has 0 saturated carbocycles. The molecule has 1 rings (SSSR count). The van der Waals surface area contributed by atoms with Crippen LogP contribution in [0.1, 0.15) is 0 Å². The molecule has 1 aromatic carbocycles. The fourth-order valence-corrected chi connectivity index (χ4v) is 0.807. The van der Waals surface area contributed by atoms with E-state index >= 15 is 0 Å². The summed E-state index contributed by atoms with van der Waals surface area (Å²) in [4.78, 5) is 19.2. The maximum Gasteiger partial charge on any atom is 0.314 e. The number of halogens is 2. The van der Waals surface area contributed by atoms with Crippen molar-refractivity contribution in [2.45, 2.75) is 0 Å². The summed E-state index contributed by atoms with van der Waals surface area (Å²) in [6.45, 7) is -0.111. The second-order valence-electron chi connectivity index (χ2n) is 2.21. The highest BCUT2D eigenvalue weighted by Gasteiger charge is 2.19. The van der Waals surface area contributed by atoms with E-state index in [0.717, 1.165) is 0 Å². The lowest BCUT2D eigenvalue weighted by Gasteiger charge is -2.00. The Labute approximate surface area is 76.1 Å². The fourth-order valence-electron chi connectivity index (χ4n) is 0.807. The molecule has 1 aromatic rings. The van der Waals surface area contributed by atoms with Crippen LogP contribution in [0.15, 0.2) is 12.1 Å². The molecular formula is C7H3F2NO4. The van der Waals surface area contributed by atoms with Gasteiger partial charge < -0.3 is 4.74 Å². The highest BCUT2D eigenvalue weighted by Crippen LogP contribution is 2.28. The van der Waals surface area contributed by atoms with Crippen molar-refractivity contribution in [2.24, 2.45) is 0 Å². The maximum atomic E-state index is 12.6. The number of carbonyl (C=O) groups is 1. The third-order valence-corrected chi connectivity index (χ3v) is 1.37. The van der Waals surface area contributed by atoms with Crippen molar-refractivity contribution in [2.75, 3.05) is 0 Å². The molecule has 0 aromatic heterocycles. The van der Waals surface area contributed by atoms with Crippen molar-refractivity contribution < 1.29 is 23.2 Å². The van der Waals surface area contributed by atoms with E-state index in [1.54, 1.807) is 0 Å². The van der Waals surface area contributed by atoms with Gasteiger partial charge in [-0.3, -0.25) is 14.9 Å². The topological polar surface area (TPSA) is 69.4 Å². The number of hydrogen-bond donors (Lipinski definition) is 0. The molecule has 0 heterocycles. The third-order valence-electron chi connectivity index (χ3n) is 1.37. The number of ether oxygens (including phenoxy) is 1. The van der Waals surface area contributed by atoms with Crippen molar-refractivity contribution in [3.05, 3.63) is 33.9 Å². The standard InChI is InChI=1S/C7H3F2NO4/c8-4-1-6(10(12)13)7(14-3-11)2-5(4)9/h1-3H. The Morgan fingerprint density at radius 3 is 2.43 bits per heavy atom. The Hall–Kier alpha value is -2.05. The Balaban J connectivity index is 3.30. The molecule has 0 radical (unpaired) electrons. The van der Waals surface area contributed by atoms with Gasteiger partial charge in [-0.15, -0.1) is 0 Å². The molecule has 0 aliphatic heterocycles. The van der Waals surface area contributed by atoms with Crippen molar-refractivity contribution in [1.82, 2.24) is 0 Å². The van der Waals surface area contributed by atoms with E-state index in [0.29, 0.717) is 12.1 Å². The van der Waals surface area contributed by atoms with E-state index < -0.39 is 28.0 Å². The van der Waals surface area contributed by atoms with Crippen LogP contribution in [0.5, 0.6) is 5.75 Å². The van der Waals surface area contributed by atoms with Gasteiger partial charge in [-0.2, -0.15) is 0 Å². The van der Waals surface area contributed by atoms with Gasteiger partial charge in [0.1, 0.15) is 0 Å². The number of carbonyl (C=O) groups excluding carboxylic acids is 1. The highest BCUT2D eigenvalue weighted by molar-refractivity contribution is 5.54. The lowest BCUT2D eigenvalue weighted by Crippen LogP contribution is -1.98. The molecule has 0 N–H and O–H groups in total. The molecule has 0 atom stereocenters. The minimum atomic E-state index is -1.38. The van der Waals surface area contributed by atoms with Gasteiger partial charge in [-0.1, -0.05) is 0 Å². The lowest BCUT2D eigenvalue weighted by molar-refractivity contribution is -0.385. The van der Waals surface area contributed by atoms with Crippen LogP contribution in [0.25, 0.3) is 0 Å². The minimum absolute atomic E-state index is 0.111. The summed E-state index contributed by atoms with van der Waals surface area (Å²) in [5, 5.41) is 10.3. The van der Waals surface area contributed by atoms with E-state index in [9.17, 15) is 23.7 Å². The number of nitrogens with zero attached hydrogens (tertiary/aromatic N) is 1. The van der Waals surface area contributed by atoms with Crippen LogP contribution in [-0.2, 0) is 4.79 Å². The largest absolute Gasteiger partial charge is 0.421 e. The number of rotatable bonds is 3. The first kappa shape index (κ1) is 10.0. The second kappa shape index (κ2) is 3.77. The van der Waals surface area contributed by atoms with Crippen molar-refractivity contribution in [3.8, 4) is 5.75 Å². The SMILES string of the molecule is O=COc1cc(F)c(F)cc1[N+](=O)[O-]. The van der Waals surface area contributed by atoms with Crippen LogP contribution >= 0.6 is 0 Å². The van der Waals surface area contributed by atoms with Crippen LogP contribution in [0.3, 0.4) is 0 Å². The van der Waals surface area contributed by atoms with Crippen LogP contribution in [0.2, 0.25) is 0 Å². The maximum absolute atomic E-state index is 12.6. The second-order valence-corrected chi connectivity index (χ2v) is 2.21. The lowest BCUT2D eigenvalue weighted by atomic mass is 10.3. The summed E-state index contributed by atoms with van der Waals surface area (Å²) in [5.41, 5.74) is -0.809. The molecule has 74 valence electrons. The number of nitro benzene ring substituents is 1. The van der Waals surface area contributed by atoms with Gasteiger partial charge in [-0.25, -0.2) is 8.78 Å². The van der Waals surface area contributed by atoms with Crippen LogP contribution < -0.4 is 4.74 Å². The molecule has 7 heteroatoms. The Morgan fingerprint density at radius 2 is 1.93 bits per heavy atom. The van der Waals surface area contributed by atoms with Gasteiger partial charge in [0.2, 0.25) is 5.75 Å². The van der Waals surface area contributed by atoms with Crippen LogP contribution in [-0.4, -0.2) is 11.4 Å². The average molecular weight is 203 g/mol. The van der Waals surface area contributed by atoms with Gasteiger partial charge in [0, 0.05) is 6.07 Å². The van der Waals surface area contributed by atoms with Crippen LogP contribution in [0, 0.1) is 21.7 Å². The third kappa shape index (κ3) is 1.82. The smallest absolute Gasteiger partial charge is 0.314 e. The predicted molar refractivity (Wildman–Crippen MR) is 39.7 cm³/mol. The summed E-state index contributed by atoms with van der Waals surface area (Å²) in [7, 11) is 0. The summed E-state index contributed by atoms with van der Waals surface area (Å²) < 4.78 is 29.2. The summed E-state index contributed by atoms with van der Waals surface area (Å²) in [6, 6.07) is 0.774. The monoisotopic (exact) mass is 203 g/mol. The van der Waals surface area contributed by atoms with Gasteiger partial charge in [0.15, 0.2) is 11.6 Å². The first-order chi connectivity index (χ1) is 6.56. The zero-order chi connectivity index (χ0) is 10.7. The predicted octanol–water partition coefficient (Wildman–Crippen LogP) is 1.41. The highest BCUT2D eigenvalue weighted by atomic mass is 19.2. The molecule has 0 spiro atoms. The fraction of sp³-hybridized carbons (Fsp3) is 0. The van der Waals surface area contributed by atoms with E-state index in [2.05, 4.69) is 4.74 Å². The van der Waals surface area contributed by atoms with Gasteiger partial charge >= 0.3 is 5.69 Å². The average Bonchev–Trinajstić information content (AvgIpc) is 2.11. The zero-order valence-corrected chi connectivity index (χ0v) is 6.57. The molecule has 0 aliphatic carbocycles. The molecule has 0 aliphatic rings. The van der Waals surface area contributed by atoms with Gasteiger partial charge in [-0.05, 0) is 0 Å². The summed E-state index contributed by atoms with van der Waals surface area (Å²) >= 11 is 0. The molecule has 0 unspecified atom stereocenters. The molecular weight excluding hydrogens is 200 g/mol. The van der Waals surface area contributed by atoms with E-state index in [4.69, 9.17) is 0 Å². The number of benzene rings is 1.